The number of carbonyl (C=O) groups excluding carboxylic acids is 2. The van der Waals surface area contributed by atoms with Crippen LogP contribution in [-0.4, -0.2) is 43.8 Å². The zero-order valence-corrected chi connectivity index (χ0v) is 24.6. The Morgan fingerprint density at radius 2 is 1.56 bits per heavy atom. The number of sulfonamides is 1. The Hall–Kier alpha value is -3.36. The predicted molar refractivity (Wildman–Crippen MR) is 156 cm³/mol. The van der Waals surface area contributed by atoms with Gasteiger partial charge in [0, 0.05) is 17.6 Å². The van der Waals surface area contributed by atoms with Crippen molar-refractivity contribution in [2.75, 3.05) is 10.8 Å². The minimum atomic E-state index is -4.14. The van der Waals surface area contributed by atoms with Gasteiger partial charge in [-0.15, -0.1) is 0 Å². The Labute approximate surface area is 236 Å². The molecule has 2 amide bonds. The number of carbonyl (C=O) groups is 2. The van der Waals surface area contributed by atoms with Gasteiger partial charge in [-0.2, -0.15) is 0 Å². The zero-order chi connectivity index (χ0) is 28.7. The number of benzene rings is 3. The first kappa shape index (κ1) is 30.2. The highest BCUT2D eigenvalue weighted by Gasteiger charge is 2.32. The minimum Gasteiger partial charge on any atom is -0.352 e. The van der Waals surface area contributed by atoms with E-state index in [0.29, 0.717) is 10.7 Å². The Kier molecular flexibility index (Phi) is 10.2. The van der Waals surface area contributed by atoms with Crippen molar-refractivity contribution in [1.29, 1.82) is 0 Å². The number of hydrogen-bond donors (Lipinski definition) is 1. The van der Waals surface area contributed by atoms with E-state index in [1.165, 1.54) is 29.2 Å². The van der Waals surface area contributed by atoms with Gasteiger partial charge in [0.15, 0.2) is 0 Å². The van der Waals surface area contributed by atoms with E-state index < -0.39 is 28.5 Å². The van der Waals surface area contributed by atoms with Crippen molar-refractivity contribution < 1.29 is 18.0 Å². The van der Waals surface area contributed by atoms with Gasteiger partial charge < -0.3 is 10.2 Å². The van der Waals surface area contributed by atoms with Gasteiger partial charge in [0.1, 0.15) is 12.6 Å². The molecule has 39 heavy (non-hydrogen) atoms. The fraction of sp³-hybridized carbons (Fsp3) is 0.333. The van der Waals surface area contributed by atoms with E-state index in [1.54, 1.807) is 25.1 Å². The maximum absolute atomic E-state index is 13.9. The number of aryl methyl sites for hydroxylation is 2. The van der Waals surface area contributed by atoms with Crippen LogP contribution < -0.4 is 9.62 Å². The van der Waals surface area contributed by atoms with E-state index in [1.807, 2.05) is 58.0 Å². The lowest BCUT2D eigenvalue weighted by Gasteiger charge is -2.32. The highest BCUT2D eigenvalue weighted by molar-refractivity contribution is 7.92. The molecule has 0 aliphatic heterocycles. The summed E-state index contributed by atoms with van der Waals surface area (Å²) >= 11 is 6.00. The third-order valence-electron chi connectivity index (χ3n) is 6.61. The molecule has 3 rings (SSSR count). The highest BCUT2D eigenvalue weighted by atomic mass is 35.5. The summed E-state index contributed by atoms with van der Waals surface area (Å²) in [6.07, 6.45) is 0.741. The summed E-state index contributed by atoms with van der Waals surface area (Å²) in [4.78, 5) is 28.5. The van der Waals surface area contributed by atoms with Gasteiger partial charge in [0.25, 0.3) is 10.0 Å². The van der Waals surface area contributed by atoms with Crippen molar-refractivity contribution in [3.05, 3.63) is 94.5 Å². The molecule has 0 heterocycles. The molecule has 0 aliphatic rings. The lowest BCUT2D eigenvalue weighted by atomic mass is 10.1. The normalized spacial score (nSPS) is 12.9. The number of nitrogens with zero attached hydrogens (tertiary/aromatic N) is 2. The molecule has 0 bridgehead atoms. The number of nitrogens with one attached hydrogen (secondary N) is 1. The monoisotopic (exact) mass is 569 g/mol. The van der Waals surface area contributed by atoms with Crippen LogP contribution in [0.15, 0.2) is 77.7 Å². The van der Waals surface area contributed by atoms with E-state index >= 15 is 0 Å². The molecule has 0 saturated heterocycles. The lowest BCUT2D eigenvalue weighted by molar-refractivity contribution is -0.139. The number of rotatable bonds is 11. The third kappa shape index (κ3) is 7.83. The molecule has 0 unspecified atom stereocenters. The minimum absolute atomic E-state index is 0.00820. The first-order chi connectivity index (χ1) is 18.4. The Bertz CT molecular complexity index is 1390. The van der Waals surface area contributed by atoms with Crippen LogP contribution in [0.1, 0.15) is 43.9 Å². The van der Waals surface area contributed by atoms with Gasteiger partial charge in [0.05, 0.1) is 10.6 Å². The van der Waals surface area contributed by atoms with Crippen LogP contribution in [0.5, 0.6) is 0 Å². The quantitative estimate of drug-likeness (QED) is 0.331. The Balaban J connectivity index is 2.02. The molecule has 0 aromatic heterocycles. The Morgan fingerprint density at radius 3 is 2.15 bits per heavy atom. The van der Waals surface area contributed by atoms with Gasteiger partial charge in [-0.3, -0.25) is 13.9 Å². The second kappa shape index (κ2) is 13.1. The third-order valence-corrected chi connectivity index (χ3v) is 8.65. The largest absolute Gasteiger partial charge is 0.352 e. The van der Waals surface area contributed by atoms with Gasteiger partial charge in [-0.05, 0) is 81.6 Å². The lowest BCUT2D eigenvalue weighted by Crippen LogP contribution is -2.52. The summed E-state index contributed by atoms with van der Waals surface area (Å²) in [6, 6.07) is 19.6. The van der Waals surface area contributed by atoms with Gasteiger partial charge in [0.2, 0.25) is 11.8 Å². The molecule has 0 spiro atoms. The Morgan fingerprint density at radius 1 is 0.923 bits per heavy atom. The fourth-order valence-electron chi connectivity index (χ4n) is 3.98. The average Bonchev–Trinajstić information content (AvgIpc) is 2.90. The van der Waals surface area contributed by atoms with Gasteiger partial charge in [-0.25, -0.2) is 8.42 Å². The van der Waals surface area contributed by atoms with Crippen molar-refractivity contribution in [2.45, 2.75) is 64.6 Å². The number of hydrogen-bond acceptors (Lipinski definition) is 4. The van der Waals surface area contributed by atoms with Crippen LogP contribution in [-0.2, 0) is 26.2 Å². The second-order valence-electron chi connectivity index (χ2n) is 9.81. The molecule has 0 radical (unpaired) electrons. The smallest absolute Gasteiger partial charge is 0.264 e. The van der Waals surface area contributed by atoms with Crippen LogP contribution in [0.3, 0.4) is 0 Å². The SMILES string of the molecule is CC[C@H](C)NC(=O)[C@@H](C)N(Cc1ccc(C)cc1)C(=O)CN(c1cccc(C)c1)S(=O)(=O)c1ccc(Cl)cc1. The van der Waals surface area contributed by atoms with Crippen LogP contribution in [0.2, 0.25) is 5.02 Å². The van der Waals surface area contributed by atoms with Crippen LogP contribution in [0.25, 0.3) is 0 Å². The van der Waals surface area contributed by atoms with Gasteiger partial charge >= 0.3 is 0 Å². The first-order valence-corrected chi connectivity index (χ1v) is 14.7. The molecule has 0 aliphatic carbocycles. The van der Waals surface area contributed by atoms with E-state index in [-0.39, 0.29) is 23.4 Å². The molecule has 208 valence electrons. The van der Waals surface area contributed by atoms with Crippen molar-refractivity contribution >= 4 is 39.1 Å². The molecule has 9 heteroatoms. The molecular formula is C30H36ClN3O4S. The molecular weight excluding hydrogens is 534 g/mol. The van der Waals surface area contributed by atoms with Crippen LogP contribution >= 0.6 is 11.6 Å². The molecule has 7 nitrogen and oxygen atoms in total. The van der Waals surface area contributed by atoms with Crippen LogP contribution in [0, 0.1) is 13.8 Å². The van der Waals surface area contributed by atoms with Gasteiger partial charge in [-0.1, -0.05) is 60.5 Å². The molecule has 3 aromatic rings. The highest BCUT2D eigenvalue weighted by Crippen LogP contribution is 2.26. The van der Waals surface area contributed by atoms with E-state index in [4.69, 9.17) is 11.6 Å². The fourth-order valence-corrected chi connectivity index (χ4v) is 5.52. The molecule has 0 saturated carbocycles. The molecule has 1 N–H and O–H groups in total. The zero-order valence-electron chi connectivity index (χ0n) is 23.0. The maximum atomic E-state index is 13.9. The molecule has 3 aromatic carbocycles. The van der Waals surface area contributed by atoms with E-state index in [9.17, 15) is 18.0 Å². The van der Waals surface area contributed by atoms with Crippen molar-refractivity contribution in [2.24, 2.45) is 0 Å². The molecule has 0 fully saturated rings. The summed E-state index contributed by atoms with van der Waals surface area (Å²) in [5.41, 5.74) is 3.10. The standard InChI is InChI=1S/C30H36ClN3O4S/c1-6-23(4)32-30(36)24(5)33(19-25-12-10-21(2)11-13-25)29(35)20-34(27-9-7-8-22(3)18-27)39(37,38)28-16-14-26(31)15-17-28/h7-18,23-24H,6,19-20H2,1-5H3,(H,32,36)/t23-,24+/m0/s1. The summed E-state index contributed by atoms with van der Waals surface area (Å²) < 4.78 is 28.8. The summed E-state index contributed by atoms with van der Waals surface area (Å²) in [5.74, 6) is -0.797. The van der Waals surface area contributed by atoms with E-state index in [2.05, 4.69) is 5.32 Å². The van der Waals surface area contributed by atoms with Crippen LogP contribution in [0.4, 0.5) is 5.69 Å². The van der Waals surface area contributed by atoms with E-state index in [0.717, 1.165) is 27.4 Å². The van der Waals surface area contributed by atoms with Crippen molar-refractivity contribution in [3.63, 3.8) is 0 Å². The second-order valence-corrected chi connectivity index (χ2v) is 12.1. The predicted octanol–water partition coefficient (Wildman–Crippen LogP) is 5.48. The number of amides is 2. The summed E-state index contributed by atoms with van der Waals surface area (Å²) in [6.45, 7) is 9.01. The van der Waals surface area contributed by atoms with Crippen molar-refractivity contribution in [3.8, 4) is 0 Å². The number of halogens is 1. The summed E-state index contributed by atoms with van der Waals surface area (Å²) in [5, 5.41) is 3.34. The molecule has 2 atom stereocenters. The number of anilines is 1. The van der Waals surface area contributed by atoms with Crippen molar-refractivity contribution in [1.82, 2.24) is 10.2 Å². The topological polar surface area (TPSA) is 86.8 Å². The maximum Gasteiger partial charge on any atom is 0.264 e. The average molecular weight is 570 g/mol. The summed E-state index contributed by atoms with van der Waals surface area (Å²) in [7, 11) is -4.14. The first-order valence-electron chi connectivity index (χ1n) is 12.9.